The zero-order valence-corrected chi connectivity index (χ0v) is 21.5. The van der Waals surface area contributed by atoms with Crippen molar-refractivity contribution in [2.45, 2.75) is 39.8 Å². The molecule has 0 saturated heterocycles. The maximum atomic E-state index is 13.7. The van der Waals surface area contributed by atoms with Gasteiger partial charge in [-0.2, -0.15) is 5.10 Å². The highest BCUT2D eigenvalue weighted by Gasteiger charge is 2.25. The summed E-state index contributed by atoms with van der Waals surface area (Å²) in [5.74, 6) is 0.299. The Kier molecular flexibility index (Phi) is 6.93. The number of thiophene rings is 1. The van der Waals surface area contributed by atoms with Crippen molar-refractivity contribution in [3.63, 3.8) is 0 Å². The number of aryl methyl sites for hydroxylation is 1. The minimum Gasteiger partial charge on any atom is -0.497 e. The van der Waals surface area contributed by atoms with Crippen molar-refractivity contribution in [2.24, 2.45) is 0 Å². The number of amides is 2. The van der Waals surface area contributed by atoms with Crippen LogP contribution < -0.4 is 10.1 Å². The molecule has 0 spiro atoms. The van der Waals surface area contributed by atoms with E-state index in [9.17, 15) is 9.59 Å². The predicted octanol–water partition coefficient (Wildman–Crippen LogP) is 4.96. The molecule has 4 rings (SSSR count). The molecule has 7 nitrogen and oxygen atoms in total. The summed E-state index contributed by atoms with van der Waals surface area (Å²) >= 11 is 1.39. The van der Waals surface area contributed by atoms with Crippen molar-refractivity contribution in [3.05, 3.63) is 76.8 Å². The molecule has 0 aliphatic heterocycles. The van der Waals surface area contributed by atoms with Crippen LogP contribution in [0, 0.1) is 6.92 Å². The summed E-state index contributed by atoms with van der Waals surface area (Å²) < 4.78 is 7.20. The molecule has 0 aliphatic rings. The Morgan fingerprint density at radius 1 is 1.09 bits per heavy atom. The molecule has 2 heterocycles. The number of ether oxygens (including phenoxy) is 1. The molecule has 0 radical (unpaired) electrons. The molecule has 1 N–H and O–H groups in total. The van der Waals surface area contributed by atoms with Crippen LogP contribution in [0.2, 0.25) is 0 Å². The van der Waals surface area contributed by atoms with E-state index < -0.39 is 5.54 Å². The highest BCUT2D eigenvalue weighted by atomic mass is 32.1. The summed E-state index contributed by atoms with van der Waals surface area (Å²) in [7, 11) is 1.61. The summed E-state index contributed by atoms with van der Waals surface area (Å²) in [5.41, 5.74) is 2.28. The lowest BCUT2D eigenvalue weighted by atomic mass is 10.1. The van der Waals surface area contributed by atoms with Gasteiger partial charge in [-0.3, -0.25) is 9.59 Å². The van der Waals surface area contributed by atoms with E-state index in [4.69, 9.17) is 4.74 Å². The number of nitrogens with one attached hydrogen (secondary N) is 1. The van der Waals surface area contributed by atoms with E-state index in [1.165, 1.54) is 11.3 Å². The summed E-state index contributed by atoms with van der Waals surface area (Å²) in [5, 5.41) is 8.56. The first kappa shape index (κ1) is 24.5. The number of methoxy groups -OCH3 is 1. The average molecular weight is 491 g/mol. The van der Waals surface area contributed by atoms with Gasteiger partial charge in [0.05, 0.1) is 23.4 Å². The van der Waals surface area contributed by atoms with E-state index in [2.05, 4.69) is 10.4 Å². The van der Waals surface area contributed by atoms with Gasteiger partial charge < -0.3 is 15.0 Å². The van der Waals surface area contributed by atoms with Gasteiger partial charge in [0.15, 0.2) is 0 Å². The Bertz CT molecular complexity index is 1350. The first-order valence-electron chi connectivity index (χ1n) is 11.4. The molecule has 2 amide bonds. The third-order valence-electron chi connectivity index (χ3n) is 5.40. The van der Waals surface area contributed by atoms with Crippen molar-refractivity contribution >= 4 is 33.4 Å². The van der Waals surface area contributed by atoms with Gasteiger partial charge in [-0.15, -0.1) is 11.3 Å². The first-order chi connectivity index (χ1) is 16.6. The van der Waals surface area contributed by atoms with Crippen molar-refractivity contribution < 1.29 is 14.3 Å². The fraction of sp³-hybridized carbons (Fsp3) is 0.296. The largest absolute Gasteiger partial charge is 0.497 e. The Balaban J connectivity index is 1.68. The smallest absolute Gasteiger partial charge is 0.264 e. The molecule has 2 aromatic carbocycles. The summed E-state index contributed by atoms with van der Waals surface area (Å²) in [6, 6.07) is 19.3. The van der Waals surface area contributed by atoms with Gasteiger partial charge in [-0.25, -0.2) is 4.68 Å². The molecule has 2 aromatic heterocycles. The van der Waals surface area contributed by atoms with Crippen molar-refractivity contribution in [2.75, 3.05) is 13.7 Å². The molecular weight excluding hydrogens is 460 g/mol. The van der Waals surface area contributed by atoms with Crippen LogP contribution in [0.1, 0.15) is 41.7 Å². The highest BCUT2D eigenvalue weighted by molar-refractivity contribution is 7.20. The van der Waals surface area contributed by atoms with Crippen LogP contribution in [0.3, 0.4) is 0 Å². The van der Waals surface area contributed by atoms with E-state index >= 15 is 0 Å². The number of hydrogen-bond acceptors (Lipinski definition) is 5. The van der Waals surface area contributed by atoms with E-state index in [-0.39, 0.29) is 24.9 Å². The molecule has 8 heteroatoms. The quantitative estimate of drug-likeness (QED) is 0.397. The second kappa shape index (κ2) is 9.92. The fourth-order valence-corrected chi connectivity index (χ4v) is 5.03. The Morgan fingerprint density at radius 2 is 1.83 bits per heavy atom. The van der Waals surface area contributed by atoms with E-state index in [1.807, 2.05) is 93.0 Å². The average Bonchev–Trinajstić information content (AvgIpc) is 3.38. The van der Waals surface area contributed by atoms with Gasteiger partial charge in [0.25, 0.3) is 5.91 Å². The lowest BCUT2D eigenvalue weighted by molar-refractivity contribution is -0.123. The van der Waals surface area contributed by atoms with Crippen LogP contribution in [-0.2, 0) is 11.3 Å². The summed E-state index contributed by atoms with van der Waals surface area (Å²) in [4.78, 5) is 29.6. The first-order valence-corrected chi connectivity index (χ1v) is 12.2. The molecule has 4 aromatic rings. The van der Waals surface area contributed by atoms with Crippen LogP contribution in [0.25, 0.3) is 15.9 Å². The molecule has 0 unspecified atom stereocenters. The van der Waals surface area contributed by atoms with E-state index in [1.54, 1.807) is 12.0 Å². The molecule has 35 heavy (non-hydrogen) atoms. The normalized spacial score (nSPS) is 11.5. The van der Waals surface area contributed by atoms with Gasteiger partial charge in [-0.1, -0.05) is 30.3 Å². The maximum Gasteiger partial charge on any atom is 0.264 e. The lowest BCUT2D eigenvalue weighted by Crippen LogP contribution is -2.47. The molecule has 0 saturated carbocycles. The zero-order chi connectivity index (χ0) is 25.2. The molecule has 0 aliphatic carbocycles. The van der Waals surface area contributed by atoms with Gasteiger partial charge >= 0.3 is 0 Å². The maximum absolute atomic E-state index is 13.7. The van der Waals surface area contributed by atoms with Crippen LogP contribution in [0.15, 0.2) is 60.7 Å². The summed E-state index contributed by atoms with van der Waals surface area (Å²) in [6.45, 7) is 7.93. The van der Waals surface area contributed by atoms with Gasteiger partial charge in [0.2, 0.25) is 5.91 Å². The predicted molar refractivity (Wildman–Crippen MR) is 139 cm³/mol. The number of hydrogen-bond donors (Lipinski definition) is 1. The van der Waals surface area contributed by atoms with Crippen molar-refractivity contribution in [1.29, 1.82) is 0 Å². The number of rotatable bonds is 7. The number of carbonyl (C=O) groups excluding carboxylic acids is 2. The van der Waals surface area contributed by atoms with Crippen molar-refractivity contribution in [3.8, 4) is 11.4 Å². The monoisotopic (exact) mass is 490 g/mol. The number of nitrogens with zero attached hydrogens (tertiary/aromatic N) is 3. The Labute approximate surface area is 209 Å². The highest BCUT2D eigenvalue weighted by Crippen LogP contribution is 2.31. The third-order valence-corrected chi connectivity index (χ3v) is 6.50. The molecular formula is C27H30N4O3S. The number of carbonyl (C=O) groups is 2. The lowest BCUT2D eigenvalue weighted by Gasteiger charge is -2.26. The Morgan fingerprint density at radius 3 is 2.51 bits per heavy atom. The minimum absolute atomic E-state index is 0.0502. The molecule has 0 fully saturated rings. The van der Waals surface area contributed by atoms with Crippen molar-refractivity contribution in [1.82, 2.24) is 20.0 Å². The zero-order valence-electron chi connectivity index (χ0n) is 20.7. The number of para-hydroxylation sites is 1. The van der Waals surface area contributed by atoms with Gasteiger partial charge in [0, 0.05) is 17.5 Å². The SMILES string of the molecule is COc1cccc(CN(CC(=O)NC(C)(C)C)C(=O)c2cc3c(C)nn(-c4ccccc4)c3s2)c1. The molecule has 0 bridgehead atoms. The number of benzene rings is 2. The fourth-order valence-electron chi connectivity index (χ4n) is 3.87. The van der Waals surface area contributed by atoms with Crippen LogP contribution in [-0.4, -0.2) is 45.7 Å². The topological polar surface area (TPSA) is 76.5 Å². The number of aromatic nitrogens is 2. The molecule has 0 atom stereocenters. The standard InChI is InChI=1S/C27H30N4O3S/c1-18-22-15-23(35-26(22)31(29-18)20-11-7-6-8-12-20)25(33)30(17-24(32)28-27(2,3)4)16-19-10-9-13-21(14-19)34-5/h6-15H,16-17H2,1-5H3,(H,28,32). The Hall–Kier alpha value is -3.65. The minimum atomic E-state index is -0.393. The van der Waals surface area contributed by atoms with Gasteiger partial charge in [0.1, 0.15) is 17.1 Å². The second-order valence-corrected chi connectivity index (χ2v) is 10.5. The van der Waals surface area contributed by atoms with Crippen LogP contribution in [0.4, 0.5) is 0 Å². The number of fused-ring (bicyclic) bond motifs is 1. The molecule has 182 valence electrons. The third kappa shape index (κ3) is 5.71. The summed E-state index contributed by atoms with van der Waals surface area (Å²) in [6.07, 6.45) is 0. The van der Waals surface area contributed by atoms with Crippen LogP contribution in [0.5, 0.6) is 5.75 Å². The second-order valence-electron chi connectivity index (χ2n) is 9.47. The van der Waals surface area contributed by atoms with E-state index in [0.29, 0.717) is 10.6 Å². The van der Waals surface area contributed by atoms with E-state index in [0.717, 1.165) is 27.2 Å². The van der Waals surface area contributed by atoms with Gasteiger partial charge in [-0.05, 0) is 63.6 Å². The van der Waals surface area contributed by atoms with Crippen LogP contribution >= 0.6 is 11.3 Å².